The van der Waals surface area contributed by atoms with Crippen LogP contribution in [-0.2, 0) is 6.54 Å². The predicted octanol–water partition coefficient (Wildman–Crippen LogP) is 4.50. The van der Waals surface area contributed by atoms with Crippen molar-refractivity contribution in [3.63, 3.8) is 0 Å². The topological polar surface area (TPSA) is 58.1 Å². The largest absolute Gasteiger partial charge is 0.297 e. The maximum absolute atomic E-state index is 12.4. The van der Waals surface area contributed by atoms with Gasteiger partial charge in [0.1, 0.15) is 10.7 Å². The second-order valence-corrected chi connectivity index (χ2v) is 8.06. The minimum atomic E-state index is -0.206. The Balaban J connectivity index is 1.38. The van der Waals surface area contributed by atoms with Crippen molar-refractivity contribution in [3.05, 3.63) is 52.5 Å². The highest BCUT2D eigenvalue weighted by atomic mass is 32.1. The molecule has 1 aliphatic heterocycles. The highest BCUT2D eigenvalue weighted by Crippen LogP contribution is 2.24. The van der Waals surface area contributed by atoms with E-state index in [4.69, 9.17) is 0 Å². The maximum atomic E-state index is 12.4. The van der Waals surface area contributed by atoms with Crippen LogP contribution in [0.4, 0.5) is 5.13 Å². The maximum Gasteiger partial charge on any atom is 0.276 e. The Bertz CT molecular complexity index is 869. The van der Waals surface area contributed by atoms with Crippen molar-refractivity contribution in [3.8, 4) is 10.6 Å². The lowest BCUT2D eigenvalue weighted by molar-refractivity contribution is 0.102. The Hall–Kier alpha value is -2.09. The van der Waals surface area contributed by atoms with E-state index in [0.29, 0.717) is 10.8 Å². The summed E-state index contributed by atoms with van der Waals surface area (Å²) in [7, 11) is 0. The molecule has 0 radical (unpaired) electrons. The summed E-state index contributed by atoms with van der Waals surface area (Å²) in [6, 6.07) is 9.89. The van der Waals surface area contributed by atoms with E-state index in [-0.39, 0.29) is 5.91 Å². The zero-order valence-electron chi connectivity index (χ0n) is 14.4. The van der Waals surface area contributed by atoms with E-state index >= 15 is 0 Å². The monoisotopic (exact) mass is 384 g/mol. The molecule has 5 nitrogen and oxygen atoms in total. The number of anilines is 1. The fourth-order valence-electron chi connectivity index (χ4n) is 3.04. The van der Waals surface area contributed by atoms with E-state index in [1.807, 2.05) is 35.7 Å². The number of benzene rings is 1. The first-order chi connectivity index (χ1) is 12.8. The van der Waals surface area contributed by atoms with Crippen molar-refractivity contribution in [1.82, 2.24) is 14.9 Å². The van der Waals surface area contributed by atoms with Gasteiger partial charge in [0.25, 0.3) is 5.91 Å². The van der Waals surface area contributed by atoms with Gasteiger partial charge in [-0.05, 0) is 25.9 Å². The number of hydrogen-bond acceptors (Lipinski definition) is 6. The molecule has 3 aromatic rings. The van der Waals surface area contributed by atoms with Crippen molar-refractivity contribution >= 4 is 33.7 Å². The van der Waals surface area contributed by atoms with Gasteiger partial charge >= 0.3 is 0 Å². The molecule has 0 aliphatic carbocycles. The zero-order valence-corrected chi connectivity index (χ0v) is 16.0. The third kappa shape index (κ3) is 4.17. The first kappa shape index (κ1) is 17.3. The van der Waals surface area contributed by atoms with Crippen molar-refractivity contribution in [2.45, 2.75) is 25.8 Å². The zero-order chi connectivity index (χ0) is 17.8. The summed E-state index contributed by atoms with van der Waals surface area (Å²) >= 11 is 2.94. The standard InChI is InChI=1S/C19H20N4OS2/c24-17(16-13-25-18(21-16)14-7-3-1-4-8-14)22-19-20-15(12-26-19)11-23-9-5-2-6-10-23/h1,3-4,7-8,12-13H,2,5-6,9-11H2,(H,20,22,24). The molecule has 0 atom stereocenters. The van der Waals surface area contributed by atoms with Crippen LogP contribution in [0, 0.1) is 0 Å². The molecule has 1 N–H and O–H groups in total. The summed E-state index contributed by atoms with van der Waals surface area (Å²) in [5, 5.41) is 8.18. The SMILES string of the molecule is O=C(Nc1nc(CN2CCCCC2)cs1)c1csc(-c2ccccc2)n1. The molecule has 1 aromatic carbocycles. The third-order valence-electron chi connectivity index (χ3n) is 4.36. The van der Waals surface area contributed by atoms with Crippen LogP contribution in [0.1, 0.15) is 35.4 Å². The molecule has 1 fully saturated rings. The first-order valence-corrected chi connectivity index (χ1v) is 10.5. The van der Waals surface area contributed by atoms with Gasteiger partial charge in [0.15, 0.2) is 5.13 Å². The number of nitrogens with zero attached hydrogens (tertiary/aromatic N) is 3. The number of carbonyl (C=O) groups excluding carboxylic acids is 1. The predicted molar refractivity (Wildman–Crippen MR) is 107 cm³/mol. The molecule has 7 heteroatoms. The lowest BCUT2D eigenvalue weighted by atomic mass is 10.1. The number of thiazole rings is 2. The van der Waals surface area contributed by atoms with E-state index in [0.717, 1.165) is 35.9 Å². The van der Waals surface area contributed by atoms with E-state index in [9.17, 15) is 4.79 Å². The molecule has 1 aliphatic rings. The molecule has 0 bridgehead atoms. The van der Waals surface area contributed by atoms with Gasteiger partial charge in [-0.3, -0.25) is 15.0 Å². The number of rotatable bonds is 5. The number of likely N-dealkylation sites (tertiary alicyclic amines) is 1. The second kappa shape index (κ2) is 8.07. The Morgan fingerprint density at radius 2 is 1.85 bits per heavy atom. The number of aromatic nitrogens is 2. The normalized spacial score (nSPS) is 15.1. The quantitative estimate of drug-likeness (QED) is 0.703. The minimum absolute atomic E-state index is 0.206. The van der Waals surface area contributed by atoms with E-state index in [2.05, 4.69) is 20.2 Å². The van der Waals surface area contributed by atoms with Crippen LogP contribution < -0.4 is 5.32 Å². The smallest absolute Gasteiger partial charge is 0.276 e. The summed E-state index contributed by atoms with van der Waals surface area (Å²) < 4.78 is 0. The summed E-state index contributed by atoms with van der Waals surface area (Å²) in [5.74, 6) is -0.206. The van der Waals surface area contributed by atoms with Crippen LogP contribution in [0.5, 0.6) is 0 Å². The van der Waals surface area contributed by atoms with Crippen LogP contribution in [0.3, 0.4) is 0 Å². The van der Waals surface area contributed by atoms with Gasteiger partial charge in [-0.2, -0.15) is 0 Å². The summed E-state index contributed by atoms with van der Waals surface area (Å²) in [6.45, 7) is 3.14. The van der Waals surface area contributed by atoms with Crippen LogP contribution in [-0.4, -0.2) is 33.9 Å². The lowest BCUT2D eigenvalue weighted by Gasteiger charge is -2.25. The van der Waals surface area contributed by atoms with Gasteiger partial charge in [0.05, 0.1) is 5.69 Å². The van der Waals surface area contributed by atoms with E-state index < -0.39 is 0 Å². The molecular weight excluding hydrogens is 364 g/mol. The Kier molecular flexibility index (Phi) is 5.38. The molecule has 0 unspecified atom stereocenters. The third-order valence-corrected chi connectivity index (χ3v) is 6.06. The summed E-state index contributed by atoms with van der Waals surface area (Å²) in [6.07, 6.45) is 3.86. The number of nitrogens with one attached hydrogen (secondary N) is 1. The Morgan fingerprint density at radius 3 is 2.65 bits per heavy atom. The second-order valence-electron chi connectivity index (χ2n) is 6.34. The molecule has 4 rings (SSSR count). The van der Waals surface area contributed by atoms with Crippen molar-refractivity contribution in [2.24, 2.45) is 0 Å². The fourth-order valence-corrected chi connectivity index (χ4v) is 4.54. The van der Waals surface area contributed by atoms with Gasteiger partial charge in [0, 0.05) is 22.9 Å². The van der Waals surface area contributed by atoms with Crippen LogP contribution in [0.25, 0.3) is 10.6 Å². The molecule has 2 aromatic heterocycles. The van der Waals surface area contributed by atoms with Gasteiger partial charge < -0.3 is 0 Å². The number of amides is 1. The molecule has 0 spiro atoms. The van der Waals surface area contributed by atoms with Gasteiger partial charge in [-0.15, -0.1) is 22.7 Å². The number of piperidine rings is 1. The average Bonchev–Trinajstić information content (AvgIpc) is 3.33. The molecule has 26 heavy (non-hydrogen) atoms. The van der Waals surface area contributed by atoms with Crippen LogP contribution in [0.15, 0.2) is 41.1 Å². The molecule has 0 saturated carbocycles. The average molecular weight is 385 g/mol. The molecular formula is C19H20N4OS2. The fraction of sp³-hybridized carbons (Fsp3) is 0.316. The Morgan fingerprint density at radius 1 is 1.04 bits per heavy atom. The lowest BCUT2D eigenvalue weighted by Crippen LogP contribution is -2.29. The van der Waals surface area contributed by atoms with Gasteiger partial charge in [-0.25, -0.2) is 9.97 Å². The highest BCUT2D eigenvalue weighted by Gasteiger charge is 2.15. The van der Waals surface area contributed by atoms with Gasteiger partial charge in [0.2, 0.25) is 0 Å². The number of hydrogen-bond donors (Lipinski definition) is 1. The first-order valence-electron chi connectivity index (χ1n) is 8.77. The molecule has 1 amide bonds. The van der Waals surface area contributed by atoms with Crippen LogP contribution in [0.2, 0.25) is 0 Å². The number of carbonyl (C=O) groups is 1. The van der Waals surface area contributed by atoms with Gasteiger partial charge in [-0.1, -0.05) is 36.8 Å². The highest BCUT2D eigenvalue weighted by molar-refractivity contribution is 7.14. The van der Waals surface area contributed by atoms with Crippen molar-refractivity contribution < 1.29 is 4.79 Å². The van der Waals surface area contributed by atoms with Crippen LogP contribution >= 0.6 is 22.7 Å². The van der Waals surface area contributed by atoms with Crippen molar-refractivity contribution in [2.75, 3.05) is 18.4 Å². The van der Waals surface area contributed by atoms with E-state index in [1.54, 1.807) is 5.38 Å². The minimum Gasteiger partial charge on any atom is -0.297 e. The summed E-state index contributed by atoms with van der Waals surface area (Å²) in [4.78, 5) is 23.9. The van der Waals surface area contributed by atoms with Crippen molar-refractivity contribution in [1.29, 1.82) is 0 Å². The van der Waals surface area contributed by atoms with E-state index in [1.165, 1.54) is 41.9 Å². The summed E-state index contributed by atoms with van der Waals surface area (Å²) in [5.41, 5.74) is 2.48. The Labute approximate surface area is 160 Å². The molecule has 3 heterocycles. The molecule has 134 valence electrons. The molecule has 1 saturated heterocycles.